The molecule has 8 rings (SSSR count). The summed E-state index contributed by atoms with van der Waals surface area (Å²) in [5, 5.41) is 9.29. The molecule has 4 fully saturated rings. The molecule has 264 valence electrons. The molecule has 0 bridgehead atoms. The SMILES string of the molecule is CC(C(=O)C(C)N1CCN(c2ccc3c(C4CCNCC4)ncnc3c2)CC1)N1CCN(c2ccc3c(C4CCNCC4)ncnc3c2)CC1. The van der Waals surface area contributed by atoms with Crippen LogP contribution in [0.3, 0.4) is 0 Å². The van der Waals surface area contributed by atoms with Gasteiger partial charge in [0, 0.05) is 86.3 Å². The summed E-state index contributed by atoms with van der Waals surface area (Å²) in [6.07, 6.45) is 7.98. The van der Waals surface area contributed by atoms with E-state index in [0.29, 0.717) is 17.6 Å². The first-order valence-electron chi connectivity index (χ1n) is 19.0. The Hall–Kier alpha value is -3.77. The molecule has 2 unspecified atom stereocenters. The van der Waals surface area contributed by atoms with Gasteiger partial charge in [-0.3, -0.25) is 14.6 Å². The number of hydrogen-bond donors (Lipinski definition) is 2. The third kappa shape index (κ3) is 6.80. The fourth-order valence-corrected chi connectivity index (χ4v) is 8.81. The van der Waals surface area contributed by atoms with Crippen molar-refractivity contribution >= 4 is 39.0 Å². The predicted octanol–water partition coefficient (Wildman–Crippen LogP) is 3.80. The van der Waals surface area contributed by atoms with Crippen LogP contribution >= 0.6 is 0 Å². The van der Waals surface area contributed by atoms with Gasteiger partial charge in [0.25, 0.3) is 0 Å². The number of piperidine rings is 2. The third-order valence-electron chi connectivity index (χ3n) is 12.0. The van der Waals surface area contributed by atoms with Crippen molar-refractivity contribution in [3.63, 3.8) is 0 Å². The molecule has 4 aliphatic heterocycles. The van der Waals surface area contributed by atoms with E-state index in [1.54, 1.807) is 12.7 Å². The van der Waals surface area contributed by atoms with Crippen LogP contribution in [0.4, 0.5) is 11.4 Å². The molecular formula is C39H52N10O. The number of carbonyl (C=O) groups excluding carboxylic acids is 1. The van der Waals surface area contributed by atoms with Crippen LogP contribution in [0.1, 0.15) is 62.8 Å². The topological polar surface area (TPSA) is 106 Å². The monoisotopic (exact) mass is 676 g/mol. The van der Waals surface area contributed by atoms with E-state index in [0.717, 1.165) is 115 Å². The number of ketones is 1. The summed E-state index contributed by atoms with van der Waals surface area (Å²) in [5.41, 5.74) is 6.86. The van der Waals surface area contributed by atoms with Crippen molar-refractivity contribution in [1.29, 1.82) is 0 Å². The highest BCUT2D eigenvalue weighted by molar-refractivity contribution is 5.89. The van der Waals surface area contributed by atoms with Crippen molar-refractivity contribution in [1.82, 2.24) is 40.4 Å². The Bertz CT molecular complexity index is 1660. The zero-order chi connectivity index (χ0) is 34.0. The minimum absolute atomic E-state index is 0.101. The molecule has 6 heterocycles. The zero-order valence-corrected chi connectivity index (χ0v) is 29.7. The summed E-state index contributed by atoms with van der Waals surface area (Å²) in [6, 6.07) is 13.2. The second kappa shape index (κ2) is 14.8. The molecular weight excluding hydrogens is 624 g/mol. The lowest BCUT2D eigenvalue weighted by atomic mass is 9.92. The summed E-state index contributed by atoms with van der Waals surface area (Å²) < 4.78 is 0. The molecule has 11 nitrogen and oxygen atoms in total. The molecule has 2 aromatic heterocycles. The van der Waals surface area contributed by atoms with Crippen molar-refractivity contribution in [2.24, 2.45) is 0 Å². The van der Waals surface area contributed by atoms with Gasteiger partial charge in [-0.1, -0.05) is 0 Å². The average Bonchev–Trinajstić information content (AvgIpc) is 3.20. The van der Waals surface area contributed by atoms with Crippen LogP contribution in [-0.2, 0) is 4.79 Å². The average molecular weight is 677 g/mol. The second-order valence-corrected chi connectivity index (χ2v) is 14.8. The summed E-state index contributed by atoms with van der Waals surface area (Å²) >= 11 is 0. The highest BCUT2D eigenvalue weighted by Gasteiger charge is 2.33. The molecule has 4 aliphatic rings. The largest absolute Gasteiger partial charge is 0.369 e. The minimum Gasteiger partial charge on any atom is -0.369 e. The van der Waals surface area contributed by atoms with Gasteiger partial charge in [0.2, 0.25) is 0 Å². The van der Waals surface area contributed by atoms with Crippen LogP contribution in [0.5, 0.6) is 0 Å². The second-order valence-electron chi connectivity index (χ2n) is 14.8. The van der Waals surface area contributed by atoms with Crippen LogP contribution in [0.25, 0.3) is 21.8 Å². The Balaban J connectivity index is 0.845. The van der Waals surface area contributed by atoms with Crippen molar-refractivity contribution in [3.05, 3.63) is 60.4 Å². The first kappa shape index (κ1) is 33.4. The number of anilines is 2. The Morgan fingerprint density at radius 2 is 1.00 bits per heavy atom. The van der Waals surface area contributed by atoms with E-state index in [4.69, 9.17) is 9.97 Å². The van der Waals surface area contributed by atoms with Crippen molar-refractivity contribution < 1.29 is 4.79 Å². The maximum atomic E-state index is 13.8. The summed E-state index contributed by atoms with van der Waals surface area (Å²) in [6.45, 7) is 15.5. The highest BCUT2D eigenvalue weighted by atomic mass is 16.1. The number of nitrogens with zero attached hydrogens (tertiary/aromatic N) is 8. The normalized spacial score (nSPS) is 21.9. The van der Waals surface area contributed by atoms with Gasteiger partial charge in [-0.25, -0.2) is 19.9 Å². The molecule has 0 aliphatic carbocycles. The Labute approximate surface area is 295 Å². The lowest BCUT2D eigenvalue weighted by Gasteiger charge is -2.42. The quantitative estimate of drug-likeness (QED) is 0.285. The molecule has 4 saturated heterocycles. The molecule has 2 aromatic carbocycles. The van der Waals surface area contributed by atoms with Gasteiger partial charge < -0.3 is 20.4 Å². The van der Waals surface area contributed by atoms with Gasteiger partial charge in [-0.2, -0.15) is 0 Å². The molecule has 0 saturated carbocycles. The van der Waals surface area contributed by atoms with E-state index < -0.39 is 0 Å². The fraction of sp³-hybridized carbons (Fsp3) is 0.564. The standard InChI is InChI=1S/C39H52N10O/c1-27(46-15-19-48(20-16-46)31-3-5-33-35(23-31)42-25-44-37(33)29-7-11-40-12-8-29)39(50)28(2)47-17-21-49(22-18-47)32-4-6-34-36(24-32)43-26-45-38(34)30-9-13-41-14-10-30/h3-6,23-30,40-41H,7-22H2,1-2H3. The minimum atomic E-state index is -0.101. The van der Waals surface area contributed by atoms with Crippen LogP contribution in [0.15, 0.2) is 49.1 Å². The summed E-state index contributed by atoms with van der Waals surface area (Å²) in [7, 11) is 0. The molecule has 4 aromatic rings. The Morgan fingerprint density at radius 3 is 1.40 bits per heavy atom. The molecule has 0 radical (unpaired) electrons. The Morgan fingerprint density at radius 1 is 0.600 bits per heavy atom. The van der Waals surface area contributed by atoms with Crippen LogP contribution in [0.2, 0.25) is 0 Å². The van der Waals surface area contributed by atoms with Crippen molar-refractivity contribution in [2.45, 2.75) is 63.5 Å². The molecule has 0 amide bonds. The number of carbonyl (C=O) groups is 1. The number of fused-ring (bicyclic) bond motifs is 2. The van der Waals surface area contributed by atoms with Crippen LogP contribution in [-0.4, -0.2) is 126 Å². The van der Waals surface area contributed by atoms with E-state index >= 15 is 0 Å². The maximum absolute atomic E-state index is 13.8. The highest BCUT2D eigenvalue weighted by Crippen LogP contribution is 2.33. The number of rotatable bonds is 8. The van der Waals surface area contributed by atoms with Gasteiger partial charge >= 0.3 is 0 Å². The predicted molar refractivity (Wildman–Crippen MR) is 200 cm³/mol. The number of piperazine rings is 2. The van der Waals surface area contributed by atoms with Crippen LogP contribution < -0.4 is 20.4 Å². The first-order valence-corrected chi connectivity index (χ1v) is 19.0. The Kier molecular flexibility index (Phi) is 9.90. The number of Topliss-reactive ketones (excluding diaryl/α,β-unsaturated/α-hetero) is 1. The zero-order valence-electron chi connectivity index (χ0n) is 29.7. The van der Waals surface area contributed by atoms with Gasteiger partial charge in [0.1, 0.15) is 12.7 Å². The fourth-order valence-electron chi connectivity index (χ4n) is 8.81. The van der Waals surface area contributed by atoms with Gasteiger partial charge in [-0.15, -0.1) is 0 Å². The maximum Gasteiger partial charge on any atom is 0.166 e. The van der Waals surface area contributed by atoms with Crippen molar-refractivity contribution in [3.8, 4) is 0 Å². The lowest BCUT2D eigenvalue weighted by molar-refractivity contribution is -0.128. The van der Waals surface area contributed by atoms with Gasteiger partial charge in [0.15, 0.2) is 5.78 Å². The van der Waals surface area contributed by atoms with Gasteiger partial charge in [0.05, 0.1) is 34.5 Å². The molecule has 2 atom stereocenters. The number of benzene rings is 2. The molecule has 0 spiro atoms. The number of aromatic nitrogens is 4. The molecule has 50 heavy (non-hydrogen) atoms. The van der Waals surface area contributed by atoms with E-state index in [1.165, 1.54) is 33.5 Å². The van der Waals surface area contributed by atoms with Crippen molar-refractivity contribution in [2.75, 3.05) is 88.3 Å². The molecule has 2 N–H and O–H groups in total. The number of nitrogens with one attached hydrogen (secondary N) is 2. The van der Waals surface area contributed by atoms with Crippen LogP contribution in [0, 0.1) is 0 Å². The smallest absolute Gasteiger partial charge is 0.166 e. The van der Waals surface area contributed by atoms with E-state index in [2.05, 4.69) is 90.4 Å². The van der Waals surface area contributed by atoms with E-state index in [-0.39, 0.29) is 12.1 Å². The van der Waals surface area contributed by atoms with E-state index in [9.17, 15) is 4.79 Å². The lowest BCUT2D eigenvalue weighted by Crippen LogP contribution is -2.57. The first-order chi connectivity index (χ1) is 24.5. The van der Waals surface area contributed by atoms with E-state index in [1.807, 2.05) is 0 Å². The summed E-state index contributed by atoms with van der Waals surface area (Å²) in [5.74, 6) is 1.33. The molecule has 11 heteroatoms. The third-order valence-corrected chi connectivity index (χ3v) is 12.0. The summed E-state index contributed by atoms with van der Waals surface area (Å²) in [4.78, 5) is 42.2. The number of hydrogen-bond acceptors (Lipinski definition) is 11. The van der Waals surface area contributed by atoms with Gasteiger partial charge in [-0.05, 0) is 102 Å².